The molecule has 0 spiro atoms. The molecule has 0 aromatic rings. The molecular formula is C15H24N2O4. The van der Waals surface area contributed by atoms with Gasteiger partial charge in [0.05, 0.1) is 12.5 Å². The predicted molar refractivity (Wildman–Crippen MR) is 75.8 cm³/mol. The minimum absolute atomic E-state index is 0.0503. The molecule has 118 valence electrons. The summed E-state index contributed by atoms with van der Waals surface area (Å²) in [5.41, 5.74) is 0. The number of urea groups is 1. The zero-order valence-corrected chi connectivity index (χ0v) is 12.4. The highest BCUT2D eigenvalue weighted by atomic mass is 16.5. The highest BCUT2D eigenvalue weighted by Gasteiger charge is 2.51. The van der Waals surface area contributed by atoms with Crippen LogP contribution in [0.5, 0.6) is 0 Å². The number of carbonyl (C=O) groups excluding carboxylic acids is 1. The standard InChI is InChI=1S/C15H24N2O4/c1-8(11-4-5-21-7-11)16-15(20)17-13-10-3-2-9(6-10)12(13)14(18)19/h8-13H,2-7H2,1H3,(H,18,19)(H2,16,17,20). The summed E-state index contributed by atoms with van der Waals surface area (Å²) in [4.78, 5) is 23.6. The van der Waals surface area contributed by atoms with E-state index in [1.165, 1.54) is 0 Å². The summed E-state index contributed by atoms with van der Waals surface area (Å²) < 4.78 is 5.33. The Kier molecular flexibility index (Phi) is 4.06. The molecule has 6 atom stereocenters. The first-order valence-electron chi connectivity index (χ1n) is 7.94. The van der Waals surface area contributed by atoms with Crippen molar-refractivity contribution in [3.05, 3.63) is 0 Å². The third-order valence-corrected chi connectivity index (χ3v) is 5.53. The molecular weight excluding hydrogens is 272 g/mol. The first-order valence-corrected chi connectivity index (χ1v) is 7.94. The summed E-state index contributed by atoms with van der Waals surface area (Å²) in [6.07, 6.45) is 3.92. The van der Waals surface area contributed by atoms with Crippen molar-refractivity contribution in [3.63, 3.8) is 0 Å². The Morgan fingerprint density at radius 1 is 1.24 bits per heavy atom. The lowest BCUT2D eigenvalue weighted by atomic mass is 9.84. The molecule has 1 aliphatic heterocycles. The van der Waals surface area contributed by atoms with Crippen LogP contribution >= 0.6 is 0 Å². The van der Waals surface area contributed by atoms with E-state index in [9.17, 15) is 14.7 Å². The Balaban J connectivity index is 1.55. The minimum Gasteiger partial charge on any atom is -0.481 e. The topological polar surface area (TPSA) is 87.7 Å². The van der Waals surface area contributed by atoms with Crippen LogP contribution in [0.25, 0.3) is 0 Å². The monoisotopic (exact) mass is 296 g/mol. The molecule has 1 saturated heterocycles. The van der Waals surface area contributed by atoms with Crippen molar-refractivity contribution in [3.8, 4) is 0 Å². The van der Waals surface area contributed by atoms with Gasteiger partial charge in [-0.2, -0.15) is 0 Å². The first kappa shape index (κ1) is 14.6. The maximum absolute atomic E-state index is 12.2. The molecule has 6 unspecified atom stereocenters. The predicted octanol–water partition coefficient (Wildman–Crippen LogP) is 1.21. The number of nitrogens with one attached hydrogen (secondary N) is 2. The largest absolute Gasteiger partial charge is 0.481 e. The molecule has 0 radical (unpaired) electrons. The quantitative estimate of drug-likeness (QED) is 0.727. The summed E-state index contributed by atoms with van der Waals surface area (Å²) in [5, 5.41) is 15.3. The number of fused-ring (bicyclic) bond motifs is 2. The van der Waals surface area contributed by atoms with E-state index in [0.29, 0.717) is 18.4 Å². The molecule has 3 fully saturated rings. The molecule has 2 amide bonds. The number of aliphatic carboxylic acids is 1. The maximum atomic E-state index is 12.2. The SMILES string of the molecule is CC(NC(=O)NC1C2CCC(C2)C1C(=O)O)C1CCOC1. The van der Waals surface area contributed by atoms with Gasteiger partial charge in [0.1, 0.15) is 0 Å². The number of carbonyl (C=O) groups is 2. The van der Waals surface area contributed by atoms with Crippen LogP contribution in [0.4, 0.5) is 4.79 Å². The Morgan fingerprint density at radius 3 is 2.67 bits per heavy atom. The lowest BCUT2D eigenvalue weighted by Crippen LogP contribution is -2.52. The van der Waals surface area contributed by atoms with Crippen molar-refractivity contribution in [2.75, 3.05) is 13.2 Å². The zero-order chi connectivity index (χ0) is 15.0. The van der Waals surface area contributed by atoms with Crippen LogP contribution in [-0.4, -0.2) is 42.4 Å². The average Bonchev–Trinajstić information content (AvgIpc) is 3.15. The highest BCUT2D eigenvalue weighted by molar-refractivity contribution is 5.77. The Morgan fingerprint density at radius 2 is 2.00 bits per heavy atom. The van der Waals surface area contributed by atoms with E-state index in [-0.39, 0.29) is 24.0 Å². The summed E-state index contributed by atoms with van der Waals surface area (Å²) in [5.74, 6) is -0.277. The van der Waals surface area contributed by atoms with Gasteiger partial charge in [-0.1, -0.05) is 0 Å². The van der Waals surface area contributed by atoms with Gasteiger partial charge in [0.15, 0.2) is 0 Å². The molecule has 3 N–H and O–H groups in total. The molecule has 3 aliphatic rings. The number of hydrogen-bond donors (Lipinski definition) is 3. The summed E-state index contributed by atoms with van der Waals surface area (Å²) in [7, 11) is 0. The number of carboxylic acid groups (broad SMARTS) is 1. The Labute approximate surface area is 124 Å². The van der Waals surface area contributed by atoms with Crippen LogP contribution in [0.3, 0.4) is 0 Å². The van der Waals surface area contributed by atoms with Gasteiger partial charge in [-0.15, -0.1) is 0 Å². The van der Waals surface area contributed by atoms with Gasteiger partial charge in [0.25, 0.3) is 0 Å². The van der Waals surface area contributed by atoms with Crippen LogP contribution in [0.15, 0.2) is 0 Å². The van der Waals surface area contributed by atoms with Crippen molar-refractivity contribution in [2.24, 2.45) is 23.7 Å². The average molecular weight is 296 g/mol. The number of rotatable bonds is 4. The van der Waals surface area contributed by atoms with Crippen LogP contribution in [-0.2, 0) is 9.53 Å². The van der Waals surface area contributed by atoms with Crippen LogP contribution in [0.2, 0.25) is 0 Å². The van der Waals surface area contributed by atoms with Gasteiger partial charge in [0, 0.05) is 24.6 Å². The van der Waals surface area contributed by atoms with E-state index in [0.717, 1.165) is 32.3 Å². The van der Waals surface area contributed by atoms with Gasteiger partial charge in [0.2, 0.25) is 0 Å². The van der Waals surface area contributed by atoms with Crippen molar-refractivity contribution in [1.82, 2.24) is 10.6 Å². The molecule has 6 heteroatoms. The maximum Gasteiger partial charge on any atom is 0.315 e. The molecule has 6 nitrogen and oxygen atoms in total. The lowest BCUT2D eigenvalue weighted by molar-refractivity contribution is -0.144. The van der Waals surface area contributed by atoms with Gasteiger partial charge in [-0.05, 0) is 44.4 Å². The van der Waals surface area contributed by atoms with Gasteiger partial charge >= 0.3 is 12.0 Å². The number of hydrogen-bond acceptors (Lipinski definition) is 3. The van der Waals surface area contributed by atoms with Crippen molar-refractivity contribution < 1.29 is 19.4 Å². The fraction of sp³-hybridized carbons (Fsp3) is 0.867. The van der Waals surface area contributed by atoms with E-state index in [1.807, 2.05) is 6.92 Å². The molecule has 0 aromatic carbocycles. The third kappa shape index (κ3) is 2.86. The molecule has 21 heavy (non-hydrogen) atoms. The number of carboxylic acids is 1. The molecule has 2 saturated carbocycles. The van der Waals surface area contributed by atoms with Gasteiger partial charge < -0.3 is 20.5 Å². The van der Waals surface area contributed by atoms with Crippen LogP contribution < -0.4 is 10.6 Å². The summed E-state index contributed by atoms with van der Waals surface area (Å²) in [6, 6.07) is -0.402. The molecule has 2 bridgehead atoms. The summed E-state index contributed by atoms with van der Waals surface area (Å²) in [6.45, 7) is 3.42. The Hall–Kier alpha value is -1.30. The second-order valence-corrected chi connectivity index (χ2v) is 6.75. The van der Waals surface area contributed by atoms with Crippen LogP contribution in [0.1, 0.15) is 32.6 Å². The van der Waals surface area contributed by atoms with E-state index in [1.54, 1.807) is 0 Å². The second kappa shape index (κ2) is 5.83. The van der Waals surface area contributed by atoms with Crippen molar-refractivity contribution >= 4 is 12.0 Å². The molecule has 2 aliphatic carbocycles. The smallest absolute Gasteiger partial charge is 0.315 e. The third-order valence-electron chi connectivity index (χ3n) is 5.53. The number of amides is 2. The fourth-order valence-corrected chi connectivity index (χ4v) is 4.32. The summed E-state index contributed by atoms with van der Waals surface area (Å²) >= 11 is 0. The second-order valence-electron chi connectivity index (χ2n) is 6.75. The molecule has 3 rings (SSSR count). The van der Waals surface area contributed by atoms with Gasteiger partial charge in [-0.25, -0.2) is 4.79 Å². The zero-order valence-electron chi connectivity index (χ0n) is 12.4. The highest BCUT2D eigenvalue weighted by Crippen LogP contribution is 2.48. The first-order chi connectivity index (χ1) is 10.1. The minimum atomic E-state index is -0.773. The number of ether oxygens (including phenoxy) is 1. The van der Waals surface area contributed by atoms with Gasteiger partial charge in [-0.3, -0.25) is 4.79 Å². The Bertz CT molecular complexity index is 422. The van der Waals surface area contributed by atoms with E-state index < -0.39 is 11.9 Å². The van der Waals surface area contributed by atoms with Crippen LogP contribution in [0, 0.1) is 23.7 Å². The molecule has 1 heterocycles. The lowest BCUT2D eigenvalue weighted by Gasteiger charge is -2.30. The van der Waals surface area contributed by atoms with Crippen molar-refractivity contribution in [1.29, 1.82) is 0 Å². The van der Waals surface area contributed by atoms with E-state index in [4.69, 9.17) is 4.74 Å². The molecule has 0 aromatic heterocycles. The van der Waals surface area contributed by atoms with E-state index in [2.05, 4.69) is 10.6 Å². The fourth-order valence-electron chi connectivity index (χ4n) is 4.32. The van der Waals surface area contributed by atoms with Crippen molar-refractivity contribution in [2.45, 2.75) is 44.7 Å². The normalized spacial score (nSPS) is 39.2. The van der Waals surface area contributed by atoms with E-state index >= 15 is 0 Å².